The molecule has 116 valence electrons. The molecule has 0 heterocycles. The van der Waals surface area contributed by atoms with Crippen LogP contribution in [0.1, 0.15) is 11.1 Å². The Morgan fingerprint density at radius 3 is 2.23 bits per heavy atom. The molecule has 0 aliphatic rings. The molecule has 0 radical (unpaired) electrons. The number of benzene rings is 2. The third kappa shape index (κ3) is 5.95. The highest BCUT2D eigenvalue weighted by Crippen LogP contribution is 2.02. The van der Waals surface area contributed by atoms with E-state index in [4.69, 9.17) is 4.84 Å². The van der Waals surface area contributed by atoms with Gasteiger partial charge in [0.1, 0.15) is 0 Å². The lowest BCUT2D eigenvalue weighted by atomic mass is 10.1. The summed E-state index contributed by atoms with van der Waals surface area (Å²) in [7, 11) is 0. The van der Waals surface area contributed by atoms with Gasteiger partial charge in [0.25, 0.3) is 0 Å². The first-order valence-electron chi connectivity index (χ1n) is 7.15. The molecule has 0 aliphatic carbocycles. The topological polar surface area (TPSA) is 70.6 Å². The smallest absolute Gasteiger partial charge is 0.338 e. The first-order valence-corrected chi connectivity index (χ1v) is 7.15. The number of rotatable bonds is 7. The predicted octanol–water partition coefficient (Wildman–Crippen LogP) is 2.02. The van der Waals surface area contributed by atoms with Crippen LogP contribution in [0.3, 0.4) is 0 Å². The second kappa shape index (κ2) is 8.81. The van der Waals surface area contributed by atoms with E-state index in [0.29, 0.717) is 13.0 Å². The summed E-state index contributed by atoms with van der Waals surface area (Å²) in [6, 6.07) is 18.7. The zero-order chi connectivity index (χ0) is 15.6. The van der Waals surface area contributed by atoms with Crippen molar-refractivity contribution in [1.82, 2.24) is 10.8 Å². The lowest BCUT2D eigenvalue weighted by Crippen LogP contribution is -2.40. The maximum absolute atomic E-state index is 11.5. The van der Waals surface area contributed by atoms with Crippen LogP contribution in [-0.2, 0) is 17.9 Å². The van der Waals surface area contributed by atoms with E-state index in [-0.39, 0.29) is 6.54 Å². The second-order valence-electron chi connectivity index (χ2n) is 4.93. The molecular weight excluding hydrogens is 280 g/mol. The van der Waals surface area contributed by atoms with E-state index in [1.165, 1.54) is 0 Å². The molecule has 5 nitrogen and oxygen atoms in total. The number of carbonyl (C=O) groups is 1. The first-order chi connectivity index (χ1) is 10.7. The summed E-state index contributed by atoms with van der Waals surface area (Å²) in [6.45, 7) is 0.455. The van der Waals surface area contributed by atoms with Gasteiger partial charge in [-0.2, -0.15) is 0 Å². The number of amides is 2. The number of carbonyl (C=O) groups excluding carboxylic acids is 1. The predicted molar refractivity (Wildman–Crippen MR) is 83.9 cm³/mol. The molecule has 1 unspecified atom stereocenters. The highest BCUT2D eigenvalue weighted by molar-refractivity contribution is 5.72. The average molecular weight is 300 g/mol. The summed E-state index contributed by atoms with van der Waals surface area (Å²) in [6.07, 6.45) is -0.145. The highest BCUT2D eigenvalue weighted by Gasteiger charge is 2.07. The van der Waals surface area contributed by atoms with Gasteiger partial charge in [0.15, 0.2) is 0 Å². The molecule has 0 saturated carbocycles. The molecule has 0 aliphatic heterocycles. The third-order valence-corrected chi connectivity index (χ3v) is 3.06. The molecule has 0 fully saturated rings. The number of hydrogen-bond donors (Lipinski definition) is 3. The van der Waals surface area contributed by atoms with Crippen molar-refractivity contribution in [2.24, 2.45) is 0 Å². The molecule has 3 N–H and O–H groups in total. The van der Waals surface area contributed by atoms with Crippen LogP contribution >= 0.6 is 0 Å². The molecule has 0 saturated heterocycles. The zero-order valence-electron chi connectivity index (χ0n) is 12.2. The Labute approximate surface area is 129 Å². The van der Waals surface area contributed by atoms with Crippen LogP contribution in [0.25, 0.3) is 0 Å². The van der Waals surface area contributed by atoms with Crippen molar-refractivity contribution in [3.63, 3.8) is 0 Å². The van der Waals surface area contributed by atoms with E-state index in [9.17, 15) is 9.90 Å². The lowest BCUT2D eigenvalue weighted by Gasteiger charge is -2.12. The quantitative estimate of drug-likeness (QED) is 0.685. The SMILES string of the molecule is O=C(NCC(O)Cc1ccccc1)NOCc1ccccc1. The monoisotopic (exact) mass is 300 g/mol. The Hall–Kier alpha value is -2.37. The van der Waals surface area contributed by atoms with E-state index in [1.54, 1.807) is 0 Å². The van der Waals surface area contributed by atoms with Crippen LogP contribution < -0.4 is 10.8 Å². The van der Waals surface area contributed by atoms with Crippen LogP contribution in [0.15, 0.2) is 60.7 Å². The summed E-state index contributed by atoms with van der Waals surface area (Å²) in [4.78, 5) is 16.6. The maximum atomic E-state index is 11.5. The van der Waals surface area contributed by atoms with Gasteiger partial charge in [-0.1, -0.05) is 60.7 Å². The standard InChI is InChI=1S/C17H20N2O3/c20-16(11-14-7-3-1-4-8-14)12-18-17(21)19-22-13-15-9-5-2-6-10-15/h1-10,16,20H,11-13H2,(H2,18,19,21). The van der Waals surface area contributed by atoms with Gasteiger partial charge in [0.2, 0.25) is 0 Å². The van der Waals surface area contributed by atoms with Gasteiger partial charge >= 0.3 is 6.03 Å². The summed E-state index contributed by atoms with van der Waals surface area (Å²) in [5.41, 5.74) is 4.28. The van der Waals surface area contributed by atoms with Crippen molar-refractivity contribution in [2.75, 3.05) is 6.54 Å². The highest BCUT2D eigenvalue weighted by atomic mass is 16.7. The minimum absolute atomic E-state index is 0.162. The molecule has 2 aromatic carbocycles. The lowest BCUT2D eigenvalue weighted by molar-refractivity contribution is 0.0477. The number of aliphatic hydroxyl groups excluding tert-OH is 1. The van der Waals surface area contributed by atoms with Gasteiger partial charge in [-0.05, 0) is 11.1 Å². The number of nitrogens with one attached hydrogen (secondary N) is 2. The summed E-state index contributed by atoms with van der Waals surface area (Å²) < 4.78 is 0. The van der Waals surface area contributed by atoms with Crippen LogP contribution in [0, 0.1) is 0 Å². The fourth-order valence-corrected chi connectivity index (χ4v) is 1.96. The van der Waals surface area contributed by atoms with Crippen molar-refractivity contribution >= 4 is 6.03 Å². The van der Waals surface area contributed by atoms with Crippen molar-refractivity contribution < 1.29 is 14.7 Å². The van der Waals surface area contributed by atoms with Crippen LogP contribution in [0.2, 0.25) is 0 Å². The van der Waals surface area contributed by atoms with Gasteiger partial charge < -0.3 is 10.4 Å². The van der Waals surface area contributed by atoms with Gasteiger partial charge in [-0.3, -0.25) is 4.84 Å². The molecule has 0 bridgehead atoms. The van der Waals surface area contributed by atoms with Crippen molar-refractivity contribution in [3.8, 4) is 0 Å². The Morgan fingerprint density at radius 2 is 1.59 bits per heavy atom. The third-order valence-electron chi connectivity index (χ3n) is 3.06. The minimum Gasteiger partial charge on any atom is -0.391 e. The van der Waals surface area contributed by atoms with Crippen LogP contribution in [0.5, 0.6) is 0 Å². The maximum Gasteiger partial charge on any atom is 0.338 e. The van der Waals surface area contributed by atoms with Gasteiger partial charge in [-0.25, -0.2) is 10.3 Å². The van der Waals surface area contributed by atoms with E-state index >= 15 is 0 Å². The number of urea groups is 1. The van der Waals surface area contributed by atoms with Gasteiger partial charge in [0.05, 0.1) is 12.7 Å². The molecule has 5 heteroatoms. The van der Waals surface area contributed by atoms with Crippen LogP contribution in [-0.4, -0.2) is 23.8 Å². The first kappa shape index (κ1) is 16.0. The van der Waals surface area contributed by atoms with Gasteiger partial charge in [-0.15, -0.1) is 0 Å². The van der Waals surface area contributed by atoms with Crippen molar-refractivity contribution in [1.29, 1.82) is 0 Å². The zero-order valence-corrected chi connectivity index (χ0v) is 12.2. The normalized spacial score (nSPS) is 11.7. The van der Waals surface area contributed by atoms with Crippen LogP contribution in [0.4, 0.5) is 4.79 Å². The Bertz CT molecular complexity index is 561. The molecule has 0 spiro atoms. The number of hydroxylamine groups is 1. The van der Waals surface area contributed by atoms with E-state index in [2.05, 4.69) is 10.8 Å². The molecule has 2 rings (SSSR count). The Balaban J connectivity index is 1.61. The van der Waals surface area contributed by atoms with Crippen molar-refractivity contribution in [3.05, 3.63) is 71.8 Å². The van der Waals surface area contributed by atoms with E-state index in [1.807, 2.05) is 60.7 Å². The Kier molecular flexibility index (Phi) is 6.41. The average Bonchev–Trinajstić information content (AvgIpc) is 2.55. The van der Waals surface area contributed by atoms with E-state index in [0.717, 1.165) is 11.1 Å². The van der Waals surface area contributed by atoms with E-state index < -0.39 is 12.1 Å². The fourth-order valence-electron chi connectivity index (χ4n) is 1.96. The van der Waals surface area contributed by atoms with Gasteiger partial charge in [0, 0.05) is 13.0 Å². The molecule has 0 aromatic heterocycles. The fraction of sp³-hybridized carbons (Fsp3) is 0.235. The minimum atomic E-state index is -0.637. The summed E-state index contributed by atoms with van der Waals surface area (Å²) in [5, 5.41) is 12.4. The molecular formula is C17H20N2O3. The molecule has 1 atom stereocenters. The largest absolute Gasteiger partial charge is 0.391 e. The summed E-state index contributed by atoms with van der Waals surface area (Å²) >= 11 is 0. The molecule has 22 heavy (non-hydrogen) atoms. The second-order valence-corrected chi connectivity index (χ2v) is 4.93. The number of hydrogen-bond acceptors (Lipinski definition) is 3. The summed E-state index contributed by atoms with van der Waals surface area (Å²) in [5.74, 6) is 0. The Morgan fingerprint density at radius 1 is 1.00 bits per heavy atom. The molecule has 2 aromatic rings. The number of aliphatic hydroxyl groups is 1. The molecule has 2 amide bonds. The van der Waals surface area contributed by atoms with Crippen molar-refractivity contribution in [2.45, 2.75) is 19.1 Å².